The van der Waals surface area contributed by atoms with Crippen molar-refractivity contribution >= 4 is 21.9 Å². The van der Waals surface area contributed by atoms with Crippen LogP contribution in [0.15, 0.2) is 40.9 Å². The van der Waals surface area contributed by atoms with Gasteiger partial charge in [0.15, 0.2) is 29.7 Å². The second-order valence-electron chi connectivity index (χ2n) is 4.68. The Balaban J connectivity index is 1.93. The van der Waals surface area contributed by atoms with Gasteiger partial charge in [0.2, 0.25) is 0 Å². The zero-order chi connectivity index (χ0) is 17.5. The van der Waals surface area contributed by atoms with Crippen molar-refractivity contribution in [3.63, 3.8) is 0 Å². The van der Waals surface area contributed by atoms with E-state index in [1.165, 1.54) is 32.4 Å². The molecular weight excluding hydrogens is 383 g/mol. The Kier molecular flexibility index (Phi) is 6.43. The summed E-state index contributed by atoms with van der Waals surface area (Å²) in [6.07, 6.45) is 0. The summed E-state index contributed by atoms with van der Waals surface area (Å²) < 4.78 is 34.7. The number of carbonyl (C=O) groups excluding carboxylic acids is 1. The fraction of sp³-hybridized carbons (Fsp3) is 0.235. The standard InChI is InChI=1S/C17H16BrFO5/c1-21-15-7-11(12(18)8-16(15)22-2)9-24-17(20)10-23-14-6-4-3-5-13(14)19/h3-8H,9-10H2,1-2H3. The SMILES string of the molecule is COc1cc(Br)c(COC(=O)COc2ccccc2F)cc1OC. The van der Waals surface area contributed by atoms with Crippen LogP contribution in [0.3, 0.4) is 0 Å². The number of benzene rings is 2. The molecule has 2 aromatic carbocycles. The predicted octanol–water partition coefficient (Wildman–Crippen LogP) is 3.73. The molecule has 0 unspecified atom stereocenters. The first kappa shape index (κ1) is 18.1. The summed E-state index contributed by atoms with van der Waals surface area (Å²) in [6, 6.07) is 9.26. The normalized spacial score (nSPS) is 10.2. The van der Waals surface area contributed by atoms with Gasteiger partial charge in [-0.05, 0) is 24.3 Å². The summed E-state index contributed by atoms with van der Waals surface area (Å²) in [6.45, 7) is -0.369. The summed E-state index contributed by atoms with van der Waals surface area (Å²) in [5, 5.41) is 0. The molecule has 0 saturated heterocycles. The Morgan fingerprint density at radius 1 is 1.08 bits per heavy atom. The van der Waals surface area contributed by atoms with Crippen molar-refractivity contribution in [2.24, 2.45) is 0 Å². The molecule has 7 heteroatoms. The van der Waals surface area contributed by atoms with Crippen LogP contribution in [0, 0.1) is 5.82 Å². The van der Waals surface area contributed by atoms with E-state index in [1.807, 2.05) is 0 Å². The number of hydrogen-bond acceptors (Lipinski definition) is 5. The molecule has 0 heterocycles. The molecule has 0 aromatic heterocycles. The molecule has 0 N–H and O–H groups in total. The molecular formula is C17H16BrFO5. The number of rotatable bonds is 7. The first-order valence-corrected chi connectivity index (χ1v) is 7.77. The van der Waals surface area contributed by atoms with E-state index in [1.54, 1.807) is 18.2 Å². The first-order valence-electron chi connectivity index (χ1n) is 6.98. The molecule has 0 bridgehead atoms. The Bertz CT molecular complexity index is 720. The lowest BCUT2D eigenvalue weighted by atomic mass is 10.2. The minimum Gasteiger partial charge on any atom is -0.493 e. The molecule has 0 spiro atoms. The molecule has 2 aromatic rings. The van der Waals surface area contributed by atoms with Crippen LogP contribution >= 0.6 is 15.9 Å². The number of hydrogen-bond donors (Lipinski definition) is 0. The molecule has 5 nitrogen and oxygen atoms in total. The van der Waals surface area contributed by atoms with Crippen LogP contribution in [-0.4, -0.2) is 26.8 Å². The summed E-state index contributed by atoms with van der Waals surface area (Å²) in [5.41, 5.74) is 0.701. The maximum absolute atomic E-state index is 13.4. The summed E-state index contributed by atoms with van der Waals surface area (Å²) in [7, 11) is 3.05. The molecule has 0 saturated carbocycles. The third-order valence-electron chi connectivity index (χ3n) is 3.12. The van der Waals surface area contributed by atoms with Gasteiger partial charge >= 0.3 is 5.97 Å². The molecule has 0 aliphatic carbocycles. The minimum absolute atomic E-state index is 0.00162. The second-order valence-corrected chi connectivity index (χ2v) is 5.53. The Labute approximate surface area is 147 Å². The van der Waals surface area contributed by atoms with E-state index in [2.05, 4.69) is 15.9 Å². The second kappa shape index (κ2) is 8.54. The van der Waals surface area contributed by atoms with Gasteiger partial charge in [0.1, 0.15) is 6.61 Å². The van der Waals surface area contributed by atoms with Gasteiger partial charge < -0.3 is 18.9 Å². The quantitative estimate of drug-likeness (QED) is 0.665. The van der Waals surface area contributed by atoms with E-state index in [-0.39, 0.29) is 19.0 Å². The highest BCUT2D eigenvalue weighted by Crippen LogP contribution is 2.33. The molecule has 0 atom stereocenters. The van der Waals surface area contributed by atoms with Gasteiger partial charge in [-0.1, -0.05) is 28.1 Å². The molecule has 0 aliphatic rings. The first-order chi connectivity index (χ1) is 11.5. The van der Waals surface area contributed by atoms with Gasteiger partial charge in [-0.3, -0.25) is 0 Å². The van der Waals surface area contributed by atoms with Crippen molar-refractivity contribution in [1.29, 1.82) is 0 Å². The average molecular weight is 399 g/mol. The van der Waals surface area contributed by atoms with E-state index in [9.17, 15) is 9.18 Å². The zero-order valence-corrected chi connectivity index (χ0v) is 14.8. The van der Waals surface area contributed by atoms with E-state index in [4.69, 9.17) is 18.9 Å². The monoisotopic (exact) mass is 398 g/mol. The third kappa shape index (κ3) is 4.61. The number of halogens is 2. The topological polar surface area (TPSA) is 54.0 Å². The number of ether oxygens (including phenoxy) is 4. The van der Waals surface area contributed by atoms with E-state index in [0.717, 1.165) is 0 Å². The molecule has 24 heavy (non-hydrogen) atoms. The lowest BCUT2D eigenvalue weighted by Gasteiger charge is -2.12. The van der Waals surface area contributed by atoms with Crippen molar-refractivity contribution in [1.82, 2.24) is 0 Å². The lowest BCUT2D eigenvalue weighted by Crippen LogP contribution is -2.15. The lowest BCUT2D eigenvalue weighted by molar-refractivity contribution is -0.147. The van der Waals surface area contributed by atoms with Gasteiger partial charge in [0.25, 0.3) is 0 Å². The van der Waals surface area contributed by atoms with Crippen LogP contribution in [-0.2, 0) is 16.1 Å². The van der Waals surface area contributed by atoms with Crippen molar-refractivity contribution in [3.05, 3.63) is 52.3 Å². The molecule has 0 radical (unpaired) electrons. The average Bonchev–Trinajstić information content (AvgIpc) is 2.59. The molecule has 0 aliphatic heterocycles. The Morgan fingerprint density at radius 3 is 2.42 bits per heavy atom. The number of methoxy groups -OCH3 is 2. The van der Waals surface area contributed by atoms with Crippen LogP contribution in [0.5, 0.6) is 17.2 Å². The van der Waals surface area contributed by atoms with Gasteiger partial charge in [0.05, 0.1) is 14.2 Å². The van der Waals surface area contributed by atoms with Gasteiger partial charge in [-0.15, -0.1) is 0 Å². The smallest absolute Gasteiger partial charge is 0.344 e. The largest absolute Gasteiger partial charge is 0.493 e. The van der Waals surface area contributed by atoms with Crippen LogP contribution < -0.4 is 14.2 Å². The number of para-hydroxylation sites is 1. The van der Waals surface area contributed by atoms with Crippen molar-refractivity contribution in [3.8, 4) is 17.2 Å². The Morgan fingerprint density at radius 2 is 1.75 bits per heavy atom. The highest BCUT2D eigenvalue weighted by atomic mass is 79.9. The maximum atomic E-state index is 13.4. The van der Waals surface area contributed by atoms with Crippen LogP contribution in [0.4, 0.5) is 4.39 Å². The predicted molar refractivity (Wildman–Crippen MR) is 88.9 cm³/mol. The highest BCUT2D eigenvalue weighted by molar-refractivity contribution is 9.10. The fourth-order valence-electron chi connectivity index (χ4n) is 1.91. The van der Waals surface area contributed by atoms with Crippen LogP contribution in [0.1, 0.15) is 5.56 Å². The third-order valence-corrected chi connectivity index (χ3v) is 3.86. The Hall–Kier alpha value is -2.28. The maximum Gasteiger partial charge on any atom is 0.344 e. The van der Waals surface area contributed by atoms with E-state index in [0.29, 0.717) is 21.5 Å². The summed E-state index contributed by atoms with van der Waals surface area (Å²) >= 11 is 3.38. The number of esters is 1. The van der Waals surface area contributed by atoms with E-state index < -0.39 is 11.8 Å². The molecule has 0 fully saturated rings. The number of carbonyl (C=O) groups is 1. The zero-order valence-electron chi connectivity index (χ0n) is 13.2. The summed E-state index contributed by atoms with van der Waals surface area (Å²) in [4.78, 5) is 11.7. The molecule has 2 rings (SSSR count). The fourth-order valence-corrected chi connectivity index (χ4v) is 2.34. The van der Waals surface area contributed by atoms with Crippen molar-refractivity contribution in [2.75, 3.05) is 20.8 Å². The van der Waals surface area contributed by atoms with Gasteiger partial charge in [-0.25, -0.2) is 9.18 Å². The van der Waals surface area contributed by atoms with Gasteiger partial charge in [0, 0.05) is 10.0 Å². The van der Waals surface area contributed by atoms with Gasteiger partial charge in [-0.2, -0.15) is 0 Å². The van der Waals surface area contributed by atoms with E-state index >= 15 is 0 Å². The minimum atomic E-state index is -0.611. The highest BCUT2D eigenvalue weighted by Gasteiger charge is 2.12. The summed E-state index contributed by atoms with van der Waals surface area (Å²) in [5.74, 6) is -0.0636. The van der Waals surface area contributed by atoms with Crippen LogP contribution in [0.2, 0.25) is 0 Å². The molecule has 0 amide bonds. The van der Waals surface area contributed by atoms with Crippen molar-refractivity contribution < 1.29 is 28.1 Å². The van der Waals surface area contributed by atoms with Crippen molar-refractivity contribution in [2.45, 2.75) is 6.61 Å². The molecule has 128 valence electrons. The van der Waals surface area contributed by atoms with Crippen LogP contribution in [0.25, 0.3) is 0 Å².